The molecule has 0 spiro atoms. The SMILES string of the molecule is CC(=O)Nc1ccc(NC(=O)CN2CCN(c3ccc(C4CC4)nn3)CC2)cc1. The van der Waals surface area contributed by atoms with Crippen molar-refractivity contribution in [3.63, 3.8) is 0 Å². The fourth-order valence-electron chi connectivity index (χ4n) is 3.48. The summed E-state index contributed by atoms with van der Waals surface area (Å²) in [5.41, 5.74) is 2.53. The maximum atomic E-state index is 12.3. The van der Waals surface area contributed by atoms with Gasteiger partial charge in [0.1, 0.15) is 0 Å². The molecular weight excluding hydrogens is 368 g/mol. The maximum Gasteiger partial charge on any atom is 0.238 e. The van der Waals surface area contributed by atoms with Gasteiger partial charge in [0.15, 0.2) is 5.82 Å². The molecule has 8 heteroatoms. The van der Waals surface area contributed by atoms with Crippen LogP contribution in [0.2, 0.25) is 0 Å². The van der Waals surface area contributed by atoms with Crippen LogP contribution >= 0.6 is 0 Å². The van der Waals surface area contributed by atoms with Gasteiger partial charge in [-0.15, -0.1) is 5.10 Å². The Hall–Kier alpha value is -3.00. The summed E-state index contributed by atoms with van der Waals surface area (Å²) in [6.45, 7) is 5.09. The van der Waals surface area contributed by atoms with Gasteiger partial charge in [-0.25, -0.2) is 0 Å². The third kappa shape index (κ3) is 5.29. The van der Waals surface area contributed by atoms with E-state index in [0.29, 0.717) is 23.8 Å². The van der Waals surface area contributed by atoms with Gasteiger partial charge in [0.2, 0.25) is 11.8 Å². The highest BCUT2D eigenvalue weighted by Gasteiger charge is 2.26. The number of amides is 2. The van der Waals surface area contributed by atoms with Crippen molar-refractivity contribution in [1.29, 1.82) is 0 Å². The van der Waals surface area contributed by atoms with Gasteiger partial charge in [0, 0.05) is 50.4 Å². The second kappa shape index (κ2) is 8.57. The molecule has 1 aliphatic carbocycles. The summed E-state index contributed by atoms with van der Waals surface area (Å²) >= 11 is 0. The molecule has 1 aromatic carbocycles. The minimum absolute atomic E-state index is 0.0423. The van der Waals surface area contributed by atoms with Gasteiger partial charge in [-0.3, -0.25) is 14.5 Å². The van der Waals surface area contributed by atoms with Crippen LogP contribution in [0.5, 0.6) is 0 Å². The number of piperazine rings is 1. The van der Waals surface area contributed by atoms with E-state index in [1.165, 1.54) is 19.8 Å². The van der Waals surface area contributed by atoms with Gasteiger partial charge >= 0.3 is 0 Å². The smallest absolute Gasteiger partial charge is 0.238 e. The second-order valence-electron chi connectivity index (χ2n) is 7.66. The Morgan fingerprint density at radius 3 is 2.14 bits per heavy atom. The zero-order valence-corrected chi connectivity index (χ0v) is 16.6. The van der Waals surface area contributed by atoms with Gasteiger partial charge in [-0.1, -0.05) is 0 Å². The average Bonchev–Trinajstić information content (AvgIpc) is 3.55. The second-order valence-corrected chi connectivity index (χ2v) is 7.66. The van der Waals surface area contributed by atoms with E-state index in [1.807, 2.05) is 0 Å². The topological polar surface area (TPSA) is 90.5 Å². The maximum absolute atomic E-state index is 12.3. The first-order valence-electron chi connectivity index (χ1n) is 10.1. The molecule has 29 heavy (non-hydrogen) atoms. The Kier molecular flexibility index (Phi) is 5.71. The van der Waals surface area contributed by atoms with Crippen molar-refractivity contribution >= 4 is 29.0 Å². The molecule has 2 amide bonds. The molecule has 0 radical (unpaired) electrons. The van der Waals surface area contributed by atoms with Gasteiger partial charge < -0.3 is 15.5 Å². The number of aromatic nitrogens is 2. The van der Waals surface area contributed by atoms with Gasteiger partial charge in [0.05, 0.1) is 12.2 Å². The molecule has 1 saturated heterocycles. The minimum atomic E-state index is -0.120. The van der Waals surface area contributed by atoms with Crippen molar-refractivity contribution in [2.45, 2.75) is 25.7 Å². The molecule has 0 bridgehead atoms. The first-order valence-corrected chi connectivity index (χ1v) is 10.1. The fraction of sp³-hybridized carbons (Fsp3) is 0.429. The lowest BCUT2D eigenvalue weighted by Gasteiger charge is -2.34. The van der Waals surface area contributed by atoms with Crippen molar-refractivity contribution in [3.05, 3.63) is 42.1 Å². The molecule has 8 nitrogen and oxygen atoms in total. The molecule has 1 aliphatic heterocycles. The number of hydrogen-bond donors (Lipinski definition) is 2. The van der Waals surface area contributed by atoms with Crippen LogP contribution in [0.25, 0.3) is 0 Å². The first kappa shape index (κ1) is 19.3. The molecule has 1 saturated carbocycles. The third-order valence-electron chi connectivity index (χ3n) is 5.22. The van der Waals surface area contributed by atoms with Crippen LogP contribution in [-0.2, 0) is 9.59 Å². The van der Waals surface area contributed by atoms with Gasteiger partial charge in [-0.2, -0.15) is 5.10 Å². The summed E-state index contributed by atoms with van der Waals surface area (Å²) in [6.07, 6.45) is 2.46. The molecule has 2 fully saturated rings. The van der Waals surface area contributed by atoms with E-state index in [9.17, 15) is 9.59 Å². The van der Waals surface area contributed by atoms with Crippen LogP contribution in [0.15, 0.2) is 36.4 Å². The van der Waals surface area contributed by atoms with Crippen LogP contribution in [0.4, 0.5) is 17.2 Å². The Morgan fingerprint density at radius 1 is 0.931 bits per heavy atom. The predicted octanol–water partition coefficient (Wildman–Crippen LogP) is 2.07. The van der Waals surface area contributed by atoms with E-state index < -0.39 is 0 Å². The summed E-state index contributed by atoms with van der Waals surface area (Å²) < 4.78 is 0. The van der Waals surface area contributed by atoms with E-state index >= 15 is 0 Å². The molecule has 2 heterocycles. The highest BCUT2D eigenvalue weighted by molar-refractivity contribution is 5.93. The van der Waals surface area contributed by atoms with Gasteiger partial charge in [-0.05, 0) is 49.2 Å². The zero-order chi connectivity index (χ0) is 20.2. The average molecular weight is 394 g/mol. The summed E-state index contributed by atoms with van der Waals surface area (Å²) in [4.78, 5) is 27.8. The Bertz CT molecular complexity index is 856. The van der Waals surface area contributed by atoms with E-state index in [2.05, 4.69) is 42.8 Å². The van der Waals surface area contributed by atoms with Crippen LogP contribution in [0.3, 0.4) is 0 Å². The van der Waals surface area contributed by atoms with Crippen molar-refractivity contribution in [2.75, 3.05) is 48.3 Å². The molecular formula is C21H26N6O2. The number of benzene rings is 1. The standard InChI is InChI=1S/C21H26N6O2/c1-15(28)22-17-4-6-18(7-5-17)23-21(29)14-26-10-12-27(13-11-26)20-9-8-19(24-25-20)16-2-3-16/h4-9,16H,2-3,10-14H2,1H3,(H,22,28)(H,23,29). The normalized spacial score (nSPS) is 17.1. The van der Waals surface area contributed by atoms with Crippen molar-refractivity contribution in [1.82, 2.24) is 15.1 Å². The quantitative estimate of drug-likeness (QED) is 0.780. The largest absolute Gasteiger partial charge is 0.353 e. The van der Waals surface area contributed by atoms with Crippen LogP contribution in [-0.4, -0.2) is 59.6 Å². The Balaban J connectivity index is 1.22. The van der Waals surface area contributed by atoms with E-state index in [-0.39, 0.29) is 11.8 Å². The lowest BCUT2D eigenvalue weighted by Crippen LogP contribution is -2.49. The van der Waals surface area contributed by atoms with E-state index in [4.69, 9.17) is 0 Å². The number of nitrogens with zero attached hydrogens (tertiary/aromatic N) is 4. The molecule has 2 aromatic rings. The minimum Gasteiger partial charge on any atom is -0.353 e. The first-order chi connectivity index (χ1) is 14.1. The van der Waals surface area contributed by atoms with Gasteiger partial charge in [0.25, 0.3) is 0 Å². The third-order valence-corrected chi connectivity index (χ3v) is 5.22. The summed E-state index contributed by atoms with van der Waals surface area (Å²) in [5, 5.41) is 14.4. The van der Waals surface area contributed by atoms with Crippen LogP contribution < -0.4 is 15.5 Å². The summed E-state index contributed by atoms with van der Waals surface area (Å²) in [6, 6.07) is 11.3. The number of hydrogen-bond acceptors (Lipinski definition) is 6. The molecule has 2 aliphatic rings. The molecule has 0 atom stereocenters. The lowest BCUT2D eigenvalue weighted by molar-refractivity contribution is -0.117. The number of nitrogens with one attached hydrogen (secondary N) is 2. The monoisotopic (exact) mass is 394 g/mol. The Morgan fingerprint density at radius 2 is 1.59 bits per heavy atom. The molecule has 152 valence electrons. The molecule has 4 rings (SSSR count). The van der Waals surface area contributed by atoms with E-state index in [1.54, 1.807) is 24.3 Å². The molecule has 1 aromatic heterocycles. The predicted molar refractivity (Wildman–Crippen MR) is 112 cm³/mol. The van der Waals surface area contributed by atoms with E-state index in [0.717, 1.165) is 37.7 Å². The number of anilines is 3. The van der Waals surface area contributed by atoms with Crippen molar-refractivity contribution in [2.24, 2.45) is 0 Å². The van der Waals surface area contributed by atoms with Crippen LogP contribution in [0.1, 0.15) is 31.4 Å². The number of rotatable bonds is 6. The van der Waals surface area contributed by atoms with Crippen LogP contribution in [0, 0.1) is 0 Å². The van der Waals surface area contributed by atoms with Crippen molar-refractivity contribution in [3.8, 4) is 0 Å². The van der Waals surface area contributed by atoms with Crippen molar-refractivity contribution < 1.29 is 9.59 Å². The lowest BCUT2D eigenvalue weighted by atomic mass is 10.2. The number of carbonyl (C=O) groups is 2. The Labute approximate surface area is 170 Å². The fourth-order valence-corrected chi connectivity index (χ4v) is 3.48. The molecule has 2 N–H and O–H groups in total. The highest BCUT2D eigenvalue weighted by Crippen LogP contribution is 2.38. The summed E-state index contributed by atoms with van der Waals surface area (Å²) in [7, 11) is 0. The number of carbonyl (C=O) groups excluding carboxylic acids is 2. The molecule has 0 unspecified atom stereocenters. The highest BCUT2D eigenvalue weighted by atomic mass is 16.2. The summed E-state index contributed by atoms with van der Waals surface area (Å²) in [5.74, 6) is 1.37. The zero-order valence-electron chi connectivity index (χ0n) is 16.6.